The highest BCUT2D eigenvalue weighted by Crippen LogP contribution is 2.29. The Morgan fingerprint density at radius 2 is 2.33 bits per heavy atom. The lowest BCUT2D eigenvalue weighted by Gasteiger charge is -2.22. The molecule has 1 saturated heterocycles. The van der Waals surface area contributed by atoms with Crippen LogP contribution in [0.1, 0.15) is 25.8 Å². The number of hydrogen-bond donors (Lipinski definition) is 2. The Morgan fingerprint density at radius 3 is 2.89 bits per heavy atom. The van der Waals surface area contributed by atoms with Crippen LogP contribution in [0.4, 0.5) is 11.6 Å². The van der Waals surface area contributed by atoms with Crippen molar-refractivity contribution in [3.8, 4) is 0 Å². The van der Waals surface area contributed by atoms with Crippen molar-refractivity contribution in [1.82, 2.24) is 9.97 Å². The Hall–Kier alpha value is -1.36. The number of rotatable bonds is 4. The van der Waals surface area contributed by atoms with E-state index >= 15 is 0 Å². The van der Waals surface area contributed by atoms with Crippen LogP contribution in [0, 0.1) is 5.92 Å². The lowest BCUT2D eigenvalue weighted by Crippen LogP contribution is -2.26. The van der Waals surface area contributed by atoms with Gasteiger partial charge in [-0.15, -0.1) is 0 Å². The summed E-state index contributed by atoms with van der Waals surface area (Å²) in [5.41, 5.74) is 1.16. The number of aliphatic hydroxyl groups excluding tert-OH is 1. The number of aliphatic hydroxyl groups is 1. The minimum Gasteiger partial charge on any atom is -0.393 e. The van der Waals surface area contributed by atoms with Crippen LogP contribution in [0.15, 0.2) is 6.33 Å². The summed E-state index contributed by atoms with van der Waals surface area (Å²) < 4.78 is 0. The van der Waals surface area contributed by atoms with E-state index in [0.29, 0.717) is 5.92 Å². The second kappa shape index (κ2) is 5.52. The van der Waals surface area contributed by atoms with Crippen molar-refractivity contribution in [2.45, 2.75) is 32.8 Å². The van der Waals surface area contributed by atoms with Crippen molar-refractivity contribution in [3.63, 3.8) is 0 Å². The first-order valence-corrected chi connectivity index (χ1v) is 6.62. The van der Waals surface area contributed by atoms with Gasteiger partial charge in [-0.05, 0) is 19.8 Å². The molecule has 1 aliphatic heterocycles. The van der Waals surface area contributed by atoms with E-state index in [4.69, 9.17) is 0 Å². The molecule has 0 spiro atoms. The lowest BCUT2D eigenvalue weighted by atomic mass is 10.0. The molecule has 1 fully saturated rings. The molecule has 0 bridgehead atoms. The maximum absolute atomic E-state index is 9.67. The number of nitrogens with one attached hydrogen (secondary N) is 1. The molecule has 1 aliphatic rings. The van der Waals surface area contributed by atoms with Gasteiger partial charge in [0.1, 0.15) is 18.0 Å². The number of aromatic nitrogens is 2. The van der Waals surface area contributed by atoms with Crippen LogP contribution in [-0.2, 0) is 6.42 Å². The molecule has 0 saturated carbocycles. The first kappa shape index (κ1) is 13.1. The van der Waals surface area contributed by atoms with Gasteiger partial charge >= 0.3 is 0 Å². The minimum atomic E-state index is -0.245. The molecule has 2 unspecified atom stereocenters. The number of anilines is 2. The van der Waals surface area contributed by atoms with Gasteiger partial charge in [0.2, 0.25) is 0 Å². The lowest BCUT2D eigenvalue weighted by molar-refractivity contribution is 0.136. The molecular weight excluding hydrogens is 228 g/mol. The SMILES string of the molecule is CCc1c(NC)ncnc1N1CCC(C(C)O)C1. The summed E-state index contributed by atoms with van der Waals surface area (Å²) in [6, 6.07) is 0. The molecule has 2 N–H and O–H groups in total. The fourth-order valence-corrected chi connectivity index (χ4v) is 2.59. The molecule has 1 aromatic heterocycles. The Kier molecular flexibility index (Phi) is 4.01. The third kappa shape index (κ3) is 2.41. The van der Waals surface area contributed by atoms with E-state index in [1.165, 1.54) is 0 Å². The smallest absolute Gasteiger partial charge is 0.137 e. The molecule has 0 aliphatic carbocycles. The maximum Gasteiger partial charge on any atom is 0.137 e. The van der Waals surface area contributed by atoms with E-state index in [1.54, 1.807) is 6.33 Å². The van der Waals surface area contributed by atoms with E-state index < -0.39 is 0 Å². The number of nitrogens with zero attached hydrogens (tertiary/aromatic N) is 3. The van der Waals surface area contributed by atoms with E-state index in [-0.39, 0.29) is 6.10 Å². The predicted molar refractivity (Wildman–Crippen MR) is 73.0 cm³/mol. The van der Waals surface area contributed by atoms with E-state index in [9.17, 15) is 5.11 Å². The van der Waals surface area contributed by atoms with Crippen LogP contribution < -0.4 is 10.2 Å². The Morgan fingerprint density at radius 1 is 1.56 bits per heavy atom. The van der Waals surface area contributed by atoms with Crippen LogP contribution in [0.25, 0.3) is 0 Å². The minimum absolute atomic E-state index is 0.245. The molecule has 5 nitrogen and oxygen atoms in total. The predicted octanol–water partition coefficient (Wildman–Crippen LogP) is 1.29. The summed E-state index contributed by atoms with van der Waals surface area (Å²) in [6.45, 7) is 5.83. The van der Waals surface area contributed by atoms with Gasteiger partial charge in [-0.3, -0.25) is 0 Å². The highest BCUT2D eigenvalue weighted by Gasteiger charge is 2.28. The second-order valence-corrected chi connectivity index (χ2v) is 4.86. The third-order valence-electron chi connectivity index (χ3n) is 3.72. The molecule has 100 valence electrons. The first-order chi connectivity index (χ1) is 8.67. The van der Waals surface area contributed by atoms with Crippen molar-refractivity contribution in [2.75, 3.05) is 30.4 Å². The summed E-state index contributed by atoms with van der Waals surface area (Å²) in [6.07, 6.45) is 3.29. The molecule has 2 heterocycles. The van der Waals surface area contributed by atoms with Gasteiger partial charge < -0.3 is 15.3 Å². The van der Waals surface area contributed by atoms with Crippen LogP contribution >= 0.6 is 0 Å². The van der Waals surface area contributed by atoms with E-state index in [2.05, 4.69) is 27.1 Å². The Labute approximate surface area is 108 Å². The fraction of sp³-hybridized carbons (Fsp3) is 0.692. The Bertz CT molecular complexity index is 408. The molecule has 0 aromatic carbocycles. The summed E-state index contributed by atoms with van der Waals surface area (Å²) >= 11 is 0. The molecule has 0 amide bonds. The standard InChI is InChI=1S/C13H22N4O/c1-4-11-12(14-3)15-8-16-13(11)17-6-5-10(7-17)9(2)18/h8-10,18H,4-7H2,1-3H3,(H,14,15,16). The van der Waals surface area contributed by atoms with Gasteiger partial charge in [0.15, 0.2) is 0 Å². The molecule has 2 rings (SSSR count). The normalized spacial score (nSPS) is 21.1. The third-order valence-corrected chi connectivity index (χ3v) is 3.72. The van der Waals surface area contributed by atoms with Crippen molar-refractivity contribution >= 4 is 11.6 Å². The highest BCUT2D eigenvalue weighted by atomic mass is 16.3. The molecule has 0 radical (unpaired) electrons. The van der Waals surface area contributed by atoms with E-state index in [1.807, 2.05) is 14.0 Å². The largest absolute Gasteiger partial charge is 0.393 e. The van der Waals surface area contributed by atoms with Crippen LogP contribution in [-0.4, -0.2) is 41.3 Å². The van der Waals surface area contributed by atoms with Gasteiger partial charge in [0.05, 0.1) is 6.10 Å². The highest BCUT2D eigenvalue weighted by molar-refractivity contribution is 5.59. The van der Waals surface area contributed by atoms with Crippen LogP contribution in [0.3, 0.4) is 0 Å². The van der Waals surface area contributed by atoms with Crippen molar-refractivity contribution in [3.05, 3.63) is 11.9 Å². The average Bonchev–Trinajstić information content (AvgIpc) is 2.87. The second-order valence-electron chi connectivity index (χ2n) is 4.86. The topological polar surface area (TPSA) is 61.3 Å². The molecule has 1 aromatic rings. The van der Waals surface area contributed by atoms with Gasteiger partial charge in [0.25, 0.3) is 0 Å². The zero-order chi connectivity index (χ0) is 13.1. The number of hydrogen-bond acceptors (Lipinski definition) is 5. The summed E-state index contributed by atoms with van der Waals surface area (Å²) in [4.78, 5) is 10.9. The van der Waals surface area contributed by atoms with Crippen LogP contribution in [0.2, 0.25) is 0 Å². The van der Waals surface area contributed by atoms with Crippen molar-refractivity contribution in [1.29, 1.82) is 0 Å². The fourth-order valence-electron chi connectivity index (χ4n) is 2.59. The summed E-state index contributed by atoms with van der Waals surface area (Å²) in [5, 5.41) is 12.8. The van der Waals surface area contributed by atoms with E-state index in [0.717, 1.165) is 43.1 Å². The quantitative estimate of drug-likeness (QED) is 0.843. The van der Waals surface area contributed by atoms with Crippen LogP contribution in [0.5, 0.6) is 0 Å². The molecule has 2 atom stereocenters. The molecular formula is C13H22N4O. The average molecular weight is 250 g/mol. The van der Waals surface area contributed by atoms with Gasteiger partial charge in [-0.1, -0.05) is 6.92 Å². The zero-order valence-corrected chi connectivity index (χ0v) is 11.3. The summed E-state index contributed by atoms with van der Waals surface area (Å²) in [7, 11) is 1.88. The molecule has 18 heavy (non-hydrogen) atoms. The molecule has 5 heteroatoms. The first-order valence-electron chi connectivity index (χ1n) is 6.62. The van der Waals surface area contributed by atoms with Gasteiger partial charge in [-0.25, -0.2) is 9.97 Å². The van der Waals surface area contributed by atoms with Crippen molar-refractivity contribution < 1.29 is 5.11 Å². The van der Waals surface area contributed by atoms with Gasteiger partial charge in [0, 0.05) is 31.6 Å². The van der Waals surface area contributed by atoms with Gasteiger partial charge in [-0.2, -0.15) is 0 Å². The monoisotopic (exact) mass is 250 g/mol. The Balaban J connectivity index is 2.24. The van der Waals surface area contributed by atoms with Crippen molar-refractivity contribution in [2.24, 2.45) is 5.92 Å². The zero-order valence-electron chi connectivity index (χ0n) is 11.3. The maximum atomic E-state index is 9.67. The summed E-state index contributed by atoms with van der Waals surface area (Å²) in [5.74, 6) is 2.27.